The summed E-state index contributed by atoms with van der Waals surface area (Å²) in [6, 6.07) is 11.9. The number of allylic oxidation sites excluding steroid dienone is 1. The largest absolute Gasteiger partial charge is 0.376 e. The molecule has 1 aliphatic carbocycles. The molecule has 2 N–H and O–H groups in total. The minimum absolute atomic E-state index is 0.0568. The van der Waals surface area contributed by atoms with Gasteiger partial charge in [-0.15, -0.1) is 11.8 Å². The number of likely N-dealkylation sites (tertiary alicyclic amines) is 1. The molecule has 2 fully saturated rings. The molecule has 1 saturated heterocycles. The number of nitrogens with zero attached hydrogens (tertiary/aromatic N) is 5. The van der Waals surface area contributed by atoms with Crippen LogP contribution in [0.15, 0.2) is 57.1 Å². The van der Waals surface area contributed by atoms with Crippen molar-refractivity contribution in [1.29, 1.82) is 0 Å². The summed E-state index contributed by atoms with van der Waals surface area (Å²) < 4.78 is 38.1. The number of hydrogen-bond acceptors (Lipinski definition) is 8. The number of carbonyl (C=O) groups excluding carboxylic acids is 1. The Morgan fingerprint density at radius 1 is 1.17 bits per heavy atom. The lowest BCUT2D eigenvalue weighted by molar-refractivity contribution is -0.109. The number of aryl methyl sites for hydroxylation is 1. The fourth-order valence-electron chi connectivity index (χ4n) is 7.59. The van der Waals surface area contributed by atoms with Gasteiger partial charge in [0.15, 0.2) is 11.6 Å². The number of nitrogens with one attached hydrogen (secondary N) is 2. The van der Waals surface area contributed by atoms with Crippen LogP contribution in [0.2, 0.25) is 0 Å². The van der Waals surface area contributed by atoms with E-state index in [1.807, 2.05) is 49.2 Å². The van der Waals surface area contributed by atoms with Crippen molar-refractivity contribution in [2.45, 2.75) is 108 Å². The number of piperidine rings is 1. The Balaban J connectivity index is 1.08. The molecule has 282 valence electrons. The summed E-state index contributed by atoms with van der Waals surface area (Å²) in [4.78, 5) is 27.2. The van der Waals surface area contributed by atoms with E-state index in [1.54, 1.807) is 6.07 Å². The third kappa shape index (κ3) is 10.1. The molecule has 9 nitrogen and oxygen atoms in total. The Morgan fingerprint density at radius 3 is 2.52 bits per heavy atom. The summed E-state index contributed by atoms with van der Waals surface area (Å²) in [6.07, 6.45) is 8.61. The monoisotopic (exact) mass is 735 g/mol. The number of anilines is 1. The highest BCUT2D eigenvalue weighted by molar-refractivity contribution is 8.00. The molecular formula is C40H55F2N7O2S. The summed E-state index contributed by atoms with van der Waals surface area (Å²) >= 11 is 1.93. The topological polar surface area (TPSA) is 96.1 Å². The van der Waals surface area contributed by atoms with Gasteiger partial charge < -0.3 is 24.8 Å². The Kier molecular flexibility index (Phi) is 13.3. The maximum absolute atomic E-state index is 15.2. The average Bonchev–Trinajstić information content (AvgIpc) is 3.42. The molecule has 1 aromatic heterocycles. The van der Waals surface area contributed by atoms with Crippen LogP contribution < -0.4 is 10.6 Å². The second-order valence-electron chi connectivity index (χ2n) is 15.4. The average molecular weight is 736 g/mol. The Morgan fingerprint density at radius 2 is 1.88 bits per heavy atom. The van der Waals surface area contributed by atoms with Crippen molar-refractivity contribution in [3.05, 3.63) is 59.4 Å². The van der Waals surface area contributed by atoms with Gasteiger partial charge in [0.1, 0.15) is 23.7 Å². The second-order valence-corrected chi connectivity index (χ2v) is 16.8. The maximum atomic E-state index is 15.2. The SMILES string of the molecule is C=N/C(=C(F)\C=N/CNc1ccc(SC2CCN(C3CC(CCNC=O)(CCOC(C)(C)C)C3)CC2)cc1)c1cc(F)c2nc(C)n(C(C)C)c2c1. The number of rotatable bonds is 17. The molecular weight excluding hydrogens is 681 g/mol. The predicted molar refractivity (Wildman–Crippen MR) is 211 cm³/mol. The Hall–Kier alpha value is -3.61. The fraction of sp³-hybridized carbons (Fsp3) is 0.550. The van der Waals surface area contributed by atoms with E-state index in [0.29, 0.717) is 22.6 Å². The van der Waals surface area contributed by atoms with E-state index in [1.165, 1.54) is 23.8 Å². The molecule has 0 radical (unpaired) electrons. The summed E-state index contributed by atoms with van der Waals surface area (Å²) in [5.74, 6) is -0.550. The number of halogens is 2. The molecule has 1 aliphatic heterocycles. The summed E-state index contributed by atoms with van der Waals surface area (Å²) in [5, 5.41) is 6.65. The van der Waals surface area contributed by atoms with Crippen LogP contribution >= 0.6 is 11.8 Å². The van der Waals surface area contributed by atoms with Gasteiger partial charge in [-0.2, -0.15) is 0 Å². The lowest BCUT2D eigenvalue weighted by atomic mass is 9.61. The number of aromatic nitrogens is 2. The first-order valence-electron chi connectivity index (χ1n) is 18.4. The Bertz CT molecular complexity index is 1730. The molecule has 0 atom stereocenters. The number of fused-ring (bicyclic) bond motifs is 1. The zero-order valence-electron chi connectivity index (χ0n) is 31.6. The lowest BCUT2D eigenvalue weighted by Crippen LogP contribution is -2.54. The van der Waals surface area contributed by atoms with Gasteiger partial charge in [-0.3, -0.25) is 14.8 Å². The van der Waals surface area contributed by atoms with Crippen molar-refractivity contribution in [3.8, 4) is 0 Å². The third-order valence-corrected chi connectivity index (χ3v) is 11.6. The van der Waals surface area contributed by atoms with Crippen molar-refractivity contribution in [1.82, 2.24) is 19.8 Å². The van der Waals surface area contributed by atoms with E-state index < -0.39 is 11.6 Å². The standard InChI is InChI=1S/C40H55F2N7O2S/c1-27(2)49-28(3)47-38-34(41)20-29(21-36(38)49)37(43-7)35(42)24-45-25-46-30-8-10-32(11-9-30)52-33-12-17-48(18-13-33)31-22-40(23-31,14-16-44-26-50)15-19-51-39(4,5)6/h8-11,20-21,24,26-27,31,33,46H,7,12-19,22-23,25H2,1-6H3,(H,44,50)/b37-35+,45-24-. The van der Waals surface area contributed by atoms with E-state index in [9.17, 15) is 9.18 Å². The minimum atomic E-state index is -0.699. The Labute approximate surface area is 311 Å². The van der Waals surface area contributed by atoms with E-state index in [-0.39, 0.29) is 40.5 Å². The number of ether oxygens (including phenoxy) is 1. The molecule has 1 saturated carbocycles. The highest BCUT2D eigenvalue weighted by Gasteiger charge is 2.46. The maximum Gasteiger partial charge on any atom is 0.207 e. The normalized spacial score (nSPS) is 20.7. The zero-order chi connectivity index (χ0) is 37.5. The van der Waals surface area contributed by atoms with E-state index in [2.05, 4.69) is 70.1 Å². The van der Waals surface area contributed by atoms with Gasteiger partial charge in [0.2, 0.25) is 6.41 Å². The minimum Gasteiger partial charge on any atom is -0.376 e. The number of imidazole rings is 1. The summed E-state index contributed by atoms with van der Waals surface area (Å²) in [7, 11) is 0. The van der Waals surface area contributed by atoms with Crippen molar-refractivity contribution in [2.75, 3.05) is 38.2 Å². The molecule has 2 heterocycles. The van der Waals surface area contributed by atoms with Crippen LogP contribution in [-0.4, -0.2) is 83.6 Å². The van der Waals surface area contributed by atoms with Gasteiger partial charge in [0.25, 0.3) is 0 Å². The molecule has 5 rings (SSSR count). The van der Waals surface area contributed by atoms with Crippen molar-refractivity contribution < 1.29 is 18.3 Å². The third-order valence-electron chi connectivity index (χ3n) is 10.2. The lowest BCUT2D eigenvalue weighted by Gasteiger charge is -2.53. The van der Waals surface area contributed by atoms with Gasteiger partial charge in [0.05, 0.1) is 17.3 Å². The van der Waals surface area contributed by atoms with Crippen LogP contribution in [0.5, 0.6) is 0 Å². The highest BCUT2D eigenvalue weighted by atomic mass is 32.2. The number of aliphatic imine (C=N–C) groups is 2. The highest BCUT2D eigenvalue weighted by Crippen LogP contribution is 2.50. The van der Waals surface area contributed by atoms with Crippen molar-refractivity contribution in [3.63, 3.8) is 0 Å². The van der Waals surface area contributed by atoms with Crippen LogP contribution in [0.3, 0.4) is 0 Å². The smallest absolute Gasteiger partial charge is 0.207 e. The van der Waals surface area contributed by atoms with Gasteiger partial charge in [0, 0.05) is 46.6 Å². The molecule has 2 aromatic carbocycles. The summed E-state index contributed by atoms with van der Waals surface area (Å²) in [5.41, 5.74) is 2.04. The first-order valence-corrected chi connectivity index (χ1v) is 19.3. The van der Waals surface area contributed by atoms with Gasteiger partial charge in [-0.05, 0) is 142 Å². The zero-order valence-corrected chi connectivity index (χ0v) is 32.4. The van der Waals surface area contributed by atoms with E-state index >= 15 is 4.39 Å². The van der Waals surface area contributed by atoms with Crippen LogP contribution in [0.4, 0.5) is 14.5 Å². The van der Waals surface area contributed by atoms with Crippen molar-refractivity contribution >= 4 is 53.5 Å². The summed E-state index contributed by atoms with van der Waals surface area (Å²) in [6.45, 7) is 19.5. The first kappa shape index (κ1) is 39.6. The number of hydrogen-bond donors (Lipinski definition) is 2. The number of carbonyl (C=O) groups is 1. The molecule has 0 unspecified atom stereocenters. The van der Waals surface area contributed by atoms with Crippen molar-refractivity contribution in [2.24, 2.45) is 15.4 Å². The molecule has 3 aromatic rings. The van der Waals surface area contributed by atoms with Crippen LogP contribution in [0.25, 0.3) is 16.7 Å². The van der Waals surface area contributed by atoms with Gasteiger partial charge >= 0.3 is 0 Å². The van der Waals surface area contributed by atoms with Crippen LogP contribution in [0.1, 0.15) is 90.6 Å². The first-order chi connectivity index (χ1) is 24.8. The van der Waals surface area contributed by atoms with Gasteiger partial charge in [-0.1, -0.05) is 0 Å². The van der Waals surface area contributed by atoms with Gasteiger partial charge in [-0.25, -0.2) is 13.8 Å². The molecule has 12 heteroatoms. The van der Waals surface area contributed by atoms with Crippen LogP contribution in [-0.2, 0) is 9.53 Å². The number of thioether (sulfide) groups is 1. The molecule has 1 amide bonds. The van der Waals surface area contributed by atoms with E-state index in [4.69, 9.17) is 4.74 Å². The molecule has 52 heavy (non-hydrogen) atoms. The number of amides is 1. The molecule has 2 aliphatic rings. The van der Waals surface area contributed by atoms with Crippen LogP contribution in [0, 0.1) is 18.2 Å². The number of benzene rings is 2. The fourth-order valence-corrected chi connectivity index (χ4v) is 8.71. The molecule has 0 spiro atoms. The second kappa shape index (κ2) is 17.5. The van der Waals surface area contributed by atoms with E-state index in [0.717, 1.165) is 70.2 Å². The predicted octanol–water partition coefficient (Wildman–Crippen LogP) is 8.59. The molecule has 0 bridgehead atoms. The quantitative estimate of drug-likeness (QED) is 0.0820.